The molecular formula is C24H36N4O3. The largest absolute Gasteiger partial charge is 0.391 e. The average Bonchev–Trinajstić information content (AvgIpc) is 3.41. The number of benzene rings is 1. The summed E-state index contributed by atoms with van der Waals surface area (Å²) in [5, 5.41) is 20.3. The van der Waals surface area contributed by atoms with Gasteiger partial charge in [0.1, 0.15) is 6.04 Å². The minimum atomic E-state index is -0.630. The Kier molecular flexibility index (Phi) is 8.60. The van der Waals surface area contributed by atoms with Crippen molar-refractivity contribution in [1.82, 2.24) is 20.8 Å². The number of aliphatic hydroxyl groups is 1. The number of unbranched alkanes of at least 4 members (excludes halogenated alkanes) is 4. The Bertz CT molecular complexity index is 818. The number of rotatable bonds is 11. The molecule has 0 radical (unpaired) electrons. The number of aryl methyl sites for hydroxylation is 1. The van der Waals surface area contributed by atoms with Crippen LogP contribution in [0.2, 0.25) is 0 Å². The van der Waals surface area contributed by atoms with Crippen molar-refractivity contribution in [2.75, 3.05) is 6.54 Å². The molecule has 1 unspecified atom stereocenters. The topological polar surface area (TPSA) is 100 Å². The summed E-state index contributed by atoms with van der Waals surface area (Å²) in [4.78, 5) is 17.1. The molecule has 7 nitrogen and oxygen atoms in total. The van der Waals surface area contributed by atoms with Crippen molar-refractivity contribution >= 4 is 5.91 Å². The summed E-state index contributed by atoms with van der Waals surface area (Å²) in [6.07, 6.45) is 6.81. The van der Waals surface area contributed by atoms with E-state index in [-0.39, 0.29) is 17.9 Å². The van der Waals surface area contributed by atoms with Gasteiger partial charge >= 0.3 is 0 Å². The predicted octanol–water partition coefficient (Wildman–Crippen LogP) is 3.79. The molecule has 2 aromatic rings. The number of nitrogens with zero attached hydrogens (tertiary/aromatic N) is 2. The standard InChI is InChI=1S/C24H36N4O3/c1-4-5-6-7-8-9-20-26-23(28-31-20)18-12-10-17(11-13-18)21(16(2)3)27-24(30)22-19(29)14-15-25-22/h10-13,16,19,21-22,25,29H,4-9,14-15H2,1-3H3,(H,27,30)/t19-,21-,22?/m0/s1. The van der Waals surface area contributed by atoms with Gasteiger partial charge in [0.05, 0.1) is 12.1 Å². The van der Waals surface area contributed by atoms with Gasteiger partial charge < -0.3 is 20.3 Å². The van der Waals surface area contributed by atoms with Gasteiger partial charge in [-0.25, -0.2) is 0 Å². The van der Waals surface area contributed by atoms with Crippen LogP contribution in [0.25, 0.3) is 11.4 Å². The molecule has 0 aliphatic carbocycles. The Morgan fingerprint density at radius 2 is 1.97 bits per heavy atom. The van der Waals surface area contributed by atoms with Crippen LogP contribution in [0.4, 0.5) is 0 Å². The molecule has 1 fully saturated rings. The van der Waals surface area contributed by atoms with E-state index in [1.165, 1.54) is 25.7 Å². The van der Waals surface area contributed by atoms with Crippen LogP contribution in [-0.2, 0) is 11.2 Å². The number of aliphatic hydroxyl groups excluding tert-OH is 1. The summed E-state index contributed by atoms with van der Waals surface area (Å²) in [6, 6.07) is 7.25. The molecule has 3 rings (SSSR count). The molecule has 1 aliphatic heterocycles. The molecule has 1 aliphatic rings. The Morgan fingerprint density at radius 3 is 2.61 bits per heavy atom. The second kappa shape index (κ2) is 11.4. The van der Waals surface area contributed by atoms with Gasteiger partial charge in [-0.15, -0.1) is 0 Å². The van der Waals surface area contributed by atoms with Gasteiger partial charge in [-0.05, 0) is 30.9 Å². The van der Waals surface area contributed by atoms with Gasteiger partial charge in [0.15, 0.2) is 0 Å². The molecule has 3 atom stereocenters. The molecule has 0 bridgehead atoms. The molecule has 3 N–H and O–H groups in total. The molecule has 31 heavy (non-hydrogen) atoms. The highest BCUT2D eigenvalue weighted by atomic mass is 16.5. The van der Waals surface area contributed by atoms with Crippen molar-refractivity contribution in [2.24, 2.45) is 5.92 Å². The number of hydrogen-bond acceptors (Lipinski definition) is 6. The summed E-state index contributed by atoms with van der Waals surface area (Å²) in [5.41, 5.74) is 1.91. The molecule has 170 valence electrons. The second-order valence-corrected chi connectivity index (χ2v) is 8.82. The maximum atomic E-state index is 12.6. The molecule has 2 heterocycles. The minimum Gasteiger partial charge on any atom is -0.391 e. The maximum absolute atomic E-state index is 12.6. The third-order valence-corrected chi connectivity index (χ3v) is 5.93. The van der Waals surface area contributed by atoms with Gasteiger partial charge in [0.2, 0.25) is 17.6 Å². The van der Waals surface area contributed by atoms with Crippen LogP contribution in [-0.4, -0.2) is 39.8 Å². The first-order chi connectivity index (χ1) is 15.0. The van der Waals surface area contributed by atoms with Gasteiger partial charge in [-0.3, -0.25) is 4.79 Å². The van der Waals surface area contributed by atoms with E-state index in [2.05, 4.69) is 41.5 Å². The summed E-state index contributed by atoms with van der Waals surface area (Å²) < 4.78 is 5.41. The average molecular weight is 429 g/mol. The van der Waals surface area contributed by atoms with Crippen LogP contribution in [0.15, 0.2) is 28.8 Å². The highest BCUT2D eigenvalue weighted by molar-refractivity contribution is 5.83. The Hall–Kier alpha value is -2.25. The van der Waals surface area contributed by atoms with Crippen LogP contribution in [0.3, 0.4) is 0 Å². The van der Waals surface area contributed by atoms with Crippen molar-refractivity contribution in [3.8, 4) is 11.4 Å². The van der Waals surface area contributed by atoms with E-state index in [1.807, 2.05) is 24.3 Å². The fraction of sp³-hybridized carbons (Fsp3) is 0.625. The molecule has 1 amide bonds. The molecule has 0 saturated carbocycles. The quantitative estimate of drug-likeness (QED) is 0.471. The highest BCUT2D eigenvalue weighted by Crippen LogP contribution is 2.25. The first-order valence-corrected chi connectivity index (χ1v) is 11.6. The van der Waals surface area contributed by atoms with Crippen molar-refractivity contribution < 1.29 is 14.4 Å². The number of nitrogens with one attached hydrogen (secondary N) is 2. The van der Waals surface area contributed by atoms with Gasteiger partial charge in [-0.1, -0.05) is 75.9 Å². The summed E-state index contributed by atoms with van der Waals surface area (Å²) in [5.74, 6) is 1.33. The summed E-state index contributed by atoms with van der Waals surface area (Å²) in [6.45, 7) is 7.02. The van der Waals surface area contributed by atoms with Crippen molar-refractivity contribution in [1.29, 1.82) is 0 Å². The van der Waals surface area contributed by atoms with Crippen LogP contribution in [0.1, 0.15) is 76.8 Å². The number of aromatic nitrogens is 2. The third kappa shape index (κ3) is 6.37. The number of hydrogen-bond donors (Lipinski definition) is 3. The fourth-order valence-electron chi connectivity index (χ4n) is 4.03. The van der Waals surface area contributed by atoms with Crippen LogP contribution >= 0.6 is 0 Å². The monoisotopic (exact) mass is 428 g/mol. The Labute approximate surface area is 185 Å². The first-order valence-electron chi connectivity index (χ1n) is 11.6. The van der Waals surface area contributed by atoms with E-state index in [9.17, 15) is 9.90 Å². The van der Waals surface area contributed by atoms with E-state index < -0.39 is 12.1 Å². The molecular weight excluding hydrogens is 392 g/mol. The Morgan fingerprint density at radius 1 is 1.23 bits per heavy atom. The Balaban J connectivity index is 1.60. The fourth-order valence-corrected chi connectivity index (χ4v) is 4.03. The van der Waals surface area contributed by atoms with Gasteiger partial charge in [0, 0.05) is 12.0 Å². The number of amides is 1. The second-order valence-electron chi connectivity index (χ2n) is 8.82. The zero-order valence-corrected chi connectivity index (χ0v) is 18.9. The molecule has 7 heteroatoms. The summed E-state index contributed by atoms with van der Waals surface area (Å²) >= 11 is 0. The van der Waals surface area contributed by atoms with Gasteiger partial charge in [0.25, 0.3) is 0 Å². The van der Waals surface area contributed by atoms with E-state index in [4.69, 9.17) is 4.52 Å². The number of carbonyl (C=O) groups excluding carboxylic acids is 1. The van der Waals surface area contributed by atoms with E-state index >= 15 is 0 Å². The highest BCUT2D eigenvalue weighted by Gasteiger charge is 2.32. The van der Waals surface area contributed by atoms with Gasteiger partial charge in [-0.2, -0.15) is 4.98 Å². The zero-order chi connectivity index (χ0) is 22.2. The minimum absolute atomic E-state index is 0.139. The number of carbonyl (C=O) groups is 1. The lowest BCUT2D eigenvalue weighted by Crippen LogP contribution is -2.47. The normalized spacial score (nSPS) is 19.6. The molecule has 1 aromatic carbocycles. The van der Waals surface area contributed by atoms with Crippen LogP contribution in [0.5, 0.6) is 0 Å². The van der Waals surface area contributed by atoms with E-state index in [0.29, 0.717) is 24.7 Å². The van der Waals surface area contributed by atoms with Crippen molar-refractivity contribution in [2.45, 2.75) is 83.9 Å². The molecule has 0 spiro atoms. The first kappa shape index (κ1) is 23.4. The third-order valence-electron chi connectivity index (χ3n) is 5.93. The lowest BCUT2D eigenvalue weighted by Gasteiger charge is -2.25. The summed E-state index contributed by atoms with van der Waals surface area (Å²) in [7, 11) is 0. The molecule has 1 aromatic heterocycles. The zero-order valence-electron chi connectivity index (χ0n) is 18.9. The van der Waals surface area contributed by atoms with E-state index in [0.717, 1.165) is 24.0 Å². The predicted molar refractivity (Wildman–Crippen MR) is 120 cm³/mol. The lowest BCUT2D eigenvalue weighted by atomic mass is 9.94. The van der Waals surface area contributed by atoms with Crippen LogP contribution in [0, 0.1) is 5.92 Å². The smallest absolute Gasteiger partial charge is 0.240 e. The van der Waals surface area contributed by atoms with Crippen molar-refractivity contribution in [3.63, 3.8) is 0 Å². The maximum Gasteiger partial charge on any atom is 0.240 e. The molecule has 1 saturated heterocycles. The van der Waals surface area contributed by atoms with Crippen LogP contribution < -0.4 is 10.6 Å². The lowest BCUT2D eigenvalue weighted by molar-refractivity contribution is -0.125. The van der Waals surface area contributed by atoms with E-state index in [1.54, 1.807) is 0 Å². The van der Waals surface area contributed by atoms with Crippen molar-refractivity contribution in [3.05, 3.63) is 35.7 Å². The SMILES string of the molecule is CCCCCCCc1nc(-c2ccc([C@@H](NC(=O)C3NCC[C@@H]3O)C(C)C)cc2)no1.